The molecule has 0 saturated heterocycles. The van der Waals surface area contributed by atoms with Gasteiger partial charge in [0.2, 0.25) is 23.6 Å². The van der Waals surface area contributed by atoms with Crippen LogP contribution >= 0.6 is 0 Å². The molecule has 4 amide bonds. The summed E-state index contributed by atoms with van der Waals surface area (Å²) in [6.45, 7) is 6.47. The standard InChI is InChI=1S/C18H33N5O6/c1-5-10(4)15(17(27)23-14(9(2)3)18(28)29)22-13(25)8-21-16(26)11(19)6-7-12(20)24/h9-11,14-15H,5-8,19H2,1-4H3,(H2,20,24)(H,21,26)(H,22,25)(H,23,27)(H,28,29). The van der Waals surface area contributed by atoms with E-state index in [-0.39, 0.29) is 24.7 Å². The molecule has 0 bridgehead atoms. The van der Waals surface area contributed by atoms with Crippen molar-refractivity contribution in [3.63, 3.8) is 0 Å². The fourth-order valence-corrected chi connectivity index (χ4v) is 2.41. The Kier molecular flexibility index (Phi) is 11.5. The zero-order chi connectivity index (χ0) is 22.7. The lowest BCUT2D eigenvalue weighted by Crippen LogP contribution is -2.56. The molecule has 0 aliphatic heterocycles. The van der Waals surface area contributed by atoms with Crippen molar-refractivity contribution in [1.29, 1.82) is 0 Å². The monoisotopic (exact) mass is 415 g/mol. The van der Waals surface area contributed by atoms with Crippen molar-refractivity contribution in [3.05, 3.63) is 0 Å². The van der Waals surface area contributed by atoms with Crippen molar-refractivity contribution in [2.45, 2.75) is 65.1 Å². The van der Waals surface area contributed by atoms with E-state index in [1.54, 1.807) is 20.8 Å². The number of amides is 4. The number of nitrogens with two attached hydrogens (primary N) is 2. The van der Waals surface area contributed by atoms with Crippen LogP contribution in [0.4, 0.5) is 0 Å². The summed E-state index contributed by atoms with van der Waals surface area (Å²) >= 11 is 0. The van der Waals surface area contributed by atoms with Gasteiger partial charge in [0.25, 0.3) is 0 Å². The summed E-state index contributed by atoms with van der Waals surface area (Å²) in [6, 6.07) is -3.05. The summed E-state index contributed by atoms with van der Waals surface area (Å²) in [5.41, 5.74) is 10.6. The van der Waals surface area contributed by atoms with E-state index in [1.165, 1.54) is 0 Å². The Balaban J connectivity index is 4.87. The molecule has 11 heteroatoms. The Morgan fingerprint density at radius 2 is 1.55 bits per heavy atom. The van der Waals surface area contributed by atoms with Crippen LogP contribution in [-0.2, 0) is 24.0 Å². The minimum atomic E-state index is -1.17. The summed E-state index contributed by atoms with van der Waals surface area (Å²) in [7, 11) is 0. The quantitative estimate of drug-likeness (QED) is 0.209. The number of carbonyl (C=O) groups excluding carboxylic acids is 4. The third-order valence-corrected chi connectivity index (χ3v) is 4.50. The first-order valence-electron chi connectivity index (χ1n) is 9.54. The van der Waals surface area contributed by atoms with Crippen LogP contribution in [-0.4, -0.2) is 59.4 Å². The Morgan fingerprint density at radius 1 is 0.966 bits per heavy atom. The van der Waals surface area contributed by atoms with Crippen LogP contribution in [0, 0.1) is 11.8 Å². The van der Waals surface area contributed by atoms with Crippen LogP contribution in [0.5, 0.6) is 0 Å². The molecule has 0 heterocycles. The minimum absolute atomic E-state index is 0.0481. The number of hydrogen-bond acceptors (Lipinski definition) is 6. The third-order valence-electron chi connectivity index (χ3n) is 4.50. The van der Waals surface area contributed by atoms with Crippen molar-refractivity contribution in [2.75, 3.05) is 6.54 Å². The number of carbonyl (C=O) groups is 5. The second-order valence-electron chi connectivity index (χ2n) is 7.33. The van der Waals surface area contributed by atoms with E-state index in [9.17, 15) is 29.1 Å². The lowest BCUT2D eigenvalue weighted by Gasteiger charge is -2.26. The molecule has 0 aromatic carbocycles. The highest BCUT2D eigenvalue weighted by molar-refractivity contribution is 5.92. The fourth-order valence-electron chi connectivity index (χ4n) is 2.41. The molecule has 0 rings (SSSR count). The first kappa shape index (κ1) is 26.3. The van der Waals surface area contributed by atoms with E-state index < -0.39 is 54.3 Å². The van der Waals surface area contributed by atoms with Crippen molar-refractivity contribution >= 4 is 29.6 Å². The molecule has 0 spiro atoms. The zero-order valence-electron chi connectivity index (χ0n) is 17.4. The molecule has 0 aliphatic rings. The lowest BCUT2D eigenvalue weighted by molar-refractivity contribution is -0.143. The van der Waals surface area contributed by atoms with E-state index in [2.05, 4.69) is 16.0 Å². The predicted octanol–water partition coefficient (Wildman–Crippen LogP) is -1.55. The summed E-state index contributed by atoms with van der Waals surface area (Å²) < 4.78 is 0. The largest absolute Gasteiger partial charge is 0.480 e. The second-order valence-corrected chi connectivity index (χ2v) is 7.33. The molecule has 11 nitrogen and oxygen atoms in total. The topological polar surface area (TPSA) is 194 Å². The van der Waals surface area contributed by atoms with Gasteiger partial charge in [-0.2, -0.15) is 0 Å². The molecular formula is C18H33N5O6. The van der Waals surface area contributed by atoms with Crippen LogP contribution in [0.3, 0.4) is 0 Å². The molecular weight excluding hydrogens is 382 g/mol. The Morgan fingerprint density at radius 3 is 2.00 bits per heavy atom. The van der Waals surface area contributed by atoms with E-state index in [0.717, 1.165) is 0 Å². The molecule has 0 aliphatic carbocycles. The summed E-state index contributed by atoms with van der Waals surface area (Å²) in [4.78, 5) is 58.6. The van der Waals surface area contributed by atoms with Gasteiger partial charge in [-0.15, -0.1) is 0 Å². The third kappa shape index (κ3) is 9.88. The van der Waals surface area contributed by atoms with E-state index in [4.69, 9.17) is 11.5 Å². The van der Waals surface area contributed by atoms with E-state index in [0.29, 0.717) is 6.42 Å². The number of rotatable bonds is 13. The number of carboxylic acid groups (broad SMARTS) is 1. The molecule has 0 aromatic heterocycles. The number of nitrogens with one attached hydrogen (secondary N) is 3. The first-order valence-corrected chi connectivity index (χ1v) is 9.54. The normalized spacial score (nSPS) is 15.0. The number of aliphatic carboxylic acids is 1. The van der Waals surface area contributed by atoms with Gasteiger partial charge in [-0.05, 0) is 18.3 Å². The maximum absolute atomic E-state index is 12.6. The SMILES string of the molecule is CCC(C)C(NC(=O)CNC(=O)C(N)CCC(N)=O)C(=O)NC(C(=O)O)C(C)C. The molecule has 4 atom stereocenters. The maximum Gasteiger partial charge on any atom is 0.326 e. The summed E-state index contributed by atoms with van der Waals surface area (Å²) in [5.74, 6) is -4.23. The Bertz CT molecular complexity index is 610. The molecule has 0 radical (unpaired) electrons. The average Bonchev–Trinajstić information content (AvgIpc) is 2.64. The predicted molar refractivity (Wildman–Crippen MR) is 105 cm³/mol. The van der Waals surface area contributed by atoms with Gasteiger partial charge in [-0.25, -0.2) is 4.79 Å². The van der Waals surface area contributed by atoms with Crippen LogP contribution in [0.1, 0.15) is 47.0 Å². The average molecular weight is 415 g/mol. The smallest absolute Gasteiger partial charge is 0.326 e. The van der Waals surface area contributed by atoms with Crippen LogP contribution in [0.2, 0.25) is 0 Å². The van der Waals surface area contributed by atoms with Gasteiger partial charge in [0.05, 0.1) is 12.6 Å². The van der Waals surface area contributed by atoms with Crippen LogP contribution in [0.15, 0.2) is 0 Å². The van der Waals surface area contributed by atoms with Gasteiger partial charge in [0.15, 0.2) is 0 Å². The zero-order valence-corrected chi connectivity index (χ0v) is 17.4. The van der Waals surface area contributed by atoms with Crippen LogP contribution < -0.4 is 27.4 Å². The fraction of sp³-hybridized carbons (Fsp3) is 0.722. The molecule has 166 valence electrons. The van der Waals surface area contributed by atoms with Gasteiger partial charge in [0.1, 0.15) is 12.1 Å². The Labute approximate surface area is 170 Å². The van der Waals surface area contributed by atoms with Crippen molar-refractivity contribution < 1.29 is 29.1 Å². The van der Waals surface area contributed by atoms with Gasteiger partial charge in [-0.1, -0.05) is 34.1 Å². The number of primary amides is 1. The molecule has 4 unspecified atom stereocenters. The van der Waals surface area contributed by atoms with E-state index >= 15 is 0 Å². The molecule has 29 heavy (non-hydrogen) atoms. The maximum atomic E-state index is 12.6. The van der Waals surface area contributed by atoms with E-state index in [1.807, 2.05) is 6.92 Å². The minimum Gasteiger partial charge on any atom is -0.480 e. The molecule has 8 N–H and O–H groups in total. The summed E-state index contributed by atoms with van der Waals surface area (Å²) in [5, 5.41) is 16.5. The molecule has 0 saturated carbocycles. The highest BCUT2D eigenvalue weighted by Crippen LogP contribution is 2.10. The molecule has 0 fully saturated rings. The number of hydrogen-bond donors (Lipinski definition) is 6. The van der Waals surface area contributed by atoms with Gasteiger partial charge in [0, 0.05) is 6.42 Å². The van der Waals surface area contributed by atoms with Gasteiger partial charge >= 0.3 is 5.97 Å². The second kappa shape index (κ2) is 12.7. The highest BCUT2D eigenvalue weighted by atomic mass is 16.4. The summed E-state index contributed by atoms with van der Waals surface area (Å²) in [6.07, 6.45) is 0.548. The highest BCUT2D eigenvalue weighted by Gasteiger charge is 2.31. The van der Waals surface area contributed by atoms with Crippen molar-refractivity contribution in [2.24, 2.45) is 23.3 Å². The Hall–Kier alpha value is -2.69. The molecule has 0 aromatic rings. The number of carboxylic acids is 1. The first-order chi connectivity index (χ1) is 13.4. The van der Waals surface area contributed by atoms with Gasteiger partial charge in [-0.3, -0.25) is 19.2 Å². The van der Waals surface area contributed by atoms with Crippen molar-refractivity contribution in [1.82, 2.24) is 16.0 Å². The van der Waals surface area contributed by atoms with Crippen molar-refractivity contribution in [3.8, 4) is 0 Å². The lowest BCUT2D eigenvalue weighted by atomic mass is 9.96. The van der Waals surface area contributed by atoms with Gasteiger partial charge < -0.3 is 32.5 Å². The van der Waals surface area contributed by atoms with Crippen LogP contribution in [0.25, 0.3) is 0 Å².